The lowest BCUT2D eigenvalue weighted by atomic mass is 10.1. The van der Waals surface area contributed by atoms with Crippen molar-refractivity contribution >= 4 is 17.1 Å². The minimum Gasteiger partial charge on any atom is -0.464 e. The minimum absolute atomic E-state index is 0.00701. The normalized spacial score (nSPS) is 20.2. The van der Waals surface area contributed by atoms with Crippen LogP contribution in [0, 0.1) is 5.82 Å². The molecule has 29 heavy (non-hydrogen) atoms. The Morgan fingerprint density at radius 3 is 2.72 bits per heavy atom. The van der Waals surface area contributed by atoms with E-state index in [0.717, 1.165) is 18.7 Å². The molecule has 0 saturated carbocycles. The summed E-state index contributed by atoms with van der Waals surface area (Å²) in [7, 11) is 1.52. The molecular weight excluding hydrogens is 373 g/mol. The van der Waals surface area contributed by atoms with E-state index < -0.39 is 0 Å². The fourth-order valence-electron chi connectivity index (χ4n) is 3.85. The maximum absolute atomic E-state index is 13.3. The predicted molar refractivity (Wildman–Crippen MR) is 106 cm³/mol. The van der Waals surface area contributed by atoms with Gasteiger partial charge in [0.15, 0.2) is 5.52 Å². The second-order valence-corrected chi connectivity index (χ2v) is 7.57. The highest BCUT2D eigenvalue weighted by Crippen LogP contribution is 2.23. The van der Waals surface area contributed by atoms with Crippen LogP contribution >= 0.6 is 0 Å². The highest BCUT2D eigenvalue weighted by atomic mass is 19.1. The van der Waals surface area contributed by atoms with Crippen LogP contribution in [0.25, 0.3) is 11.2 Å². The van der Waals surface area contributed by atoms with Gasteiger partial charge in [-0.3, -0.25) is 9.69 Å². The molecule has 3 aromatic rings. The number of amides is 1. The third-order valence-corrected chi connectivity index (χ3v) is 5.49. The van der Waals surface area contributed by atoms with E-state index in [0.29, 0.717) is 23.6 Å². The number of carbonyl (C=O) groups is 1. The van der Waals surface area contributed by atoms with Gasteiger partial charge in [-0.15, -0.1) is 0 Å². The standard InChI is InChI=1S/C21H24FN5O2/c1-13-11-27(14(2)10-26(13)12-15-4-6-16(22)7-5-15)21(28)18-20(29-3)25-19-17(24-18)8-9-23-19/h4-9,13-14H,10-12H2,1-3H3,(H,23,25)/p+1/t13-,14+/m0/s1. The summed E-state index contributed by atoms with van der Waals surface area (Å²) in [5, 5.41) is 0. The molecule has 1 saturated heterocycles. The molecule has 152 valence electrons. The van der Waals surface area contributed by atoms with Crippen molar-refractivity contribution in [3.63, 3.8) is 0 Å². The number of hydrogen-bond donors (Lipinski definition) is 1. The molecule has 3 heterocycles. The second kappa shape index (κ2) is 7.79. The fourth-order valence-corrected chi connectivity index (χ4v) is 3.85. The molecular formula is C21H25FN5O2+. The van der Waals surface area contributed by atoms with E-state index in [9.17, 15) is 9.18 Å². The zero-order chi connectivity index (χ0) is 20.5. The van der Waals surface area contributed by atoms with Crippen LogP contribution in [0.4, 0.5) is 4.39 Å². The number of ether oxygens (including phenoxy) is 1. The number of carbonyl (C=O) groups excluding carboxylic acids is 1. The zero-order valence-corrected chi connectivity index (χ0v) is 16.8. The molecule has 2 N–H and O–H groups in total. The number of halogens is 1. The molecule has 0 aliphatic carbocycles. The van der Waals surface area contributed by atoms with Gasteiger partial charge in [0.05, 0.1) is 13.3 Å². The van der Waals surface area contributed by atoms with Crippen molar-refractivity contribution in [2.45, 2.75) is 32.5 Å². The first-order valence-corrected chi connectivity index (χ1v) is 9.70. The van der Waals surface area contributed by atoms with Gasteiger partial charge in [0.1, 0.15) is 5.82 Å². The molecule has 0 spiro atoms. The zero-order valence-electron chi connectivity index (χ0n) is 16.8. The molecule has 2 aromatic heterocycles. The molecule has 1 fully saturated rings. The van der Waals surface area contributed by atoms with Gasteiger partial charge in [-0.2, -0.15) is 0 Å². The Bertz CT molecular complexity index is 1020. The van der Waals surface area contributed by atoms with Crippen molar-refractivity contribution in [2.24, 2.45) is 0 Å². The Hall–Kier alpha value is -3.00. The summed E-state index contributed by atoms with van der Waals surface area (Å²) in [6.07, 6.45) is 1.76. The smallest absolute Gasteiger partial charge is 0.314 e. The first kappa shape index (κ1) is 19.3. The Morgan fingerprint density at radius 1 is 1.24 bits per heavy atom. The van der Waals surface area contributed by atoms with Crippen LogP contribution < -0.4 is 9.72 Å². The van der Waals surface area contributed by atoms with Gasteiger partial charge in [-0.05, 0) is 31.5 Å². The average molecular weight is 398 g/mol. The fraction of sp³-hybridized carbons (Fsp3) is 0.381. The van der Waals surface area contributed by atoms with Crippen molar-refractivity contribution in [3.05, 3.63) is 53.6 Å². The summed E-state index contributed by atoms with van der Waals surface area (Å²) in [6.45, 7) is 6.16. The number of aromatic nitrogens is 3. The number of benzene rings is 1. The van der Waals surface area contributed by atoms with Crippen LogP contribution in [-0.4, -0.2) is 58.0 Å². The highest BCUT2D eigenvalue weighted by Gasteiger charge is 2.35. The van der Waals surface area contributed by atoms with Crippen LogP contribution in [0.2, 0.25) is 0 Å². The maximum Gasteiger partial charge on any atom is 0.314 e. The summed E-state index contributed by atoms with van der Waals surface area (Å²) in [5.74, 6) is -0.0382. The first-order valence-electron chi connectivity index (χ1n) is 9.70. The van der Waals surface area contributed by atoms with Crippen molar-refractivity contribution < 1.29 is 18.9 Å². The summed E-state index contributed by atoms with van der Waals surface area (Å²) in [5.41, 5.74) is 2.74. The monoisotopic (exact) mass is 398 g/mol. The molecule has 2 atom stereocenters. The van der Waals surface area contributed by atoms with Gasteiger partial charge >= 0.3 is 11.5 Å². The minimum atomic E-state index is -0.233. The van der Waals surface area contributed by atoms with E-state index in [4.69, 9.17) is 4.74 Å². The van der Waals surface area contributed by atoms with Gasteiger partial charge in [0.2, 0.25) is 5.69 Å². The van der Waals surface area contributed by atoms with Crippen molar-refractivity contribution in [3.8, 4) is 5.88 Å². The van der Waals surface area contributed by atoms with Gasteiger partial charge in [-0.1, -0.05) is 12.1 Å². The van der Waals surface area contributed by atoms with E-state index in [1.165, 1.54) is 19.2 Å². The second-order valence-electron chi connectivity index (χ2n) is 7.57. The molecule has 8 heteroatoms. The lowest BCUT2D eigenvalue weighted by Gasteiger charge is -2.44. The number of rotatable bonds is 4. The number of piperazine rings is 1. The molecule has 1 aliphatic heterocycles. The lowest BCUT2D eigenvalue weighted by molar-refractivity contribution is -0.365. The molecule has 1 amide bonds. The number of H-pyrrole nitrogens is 2. The van der Waals surface area contributed by atoms with Crippen LogP contribution in [0.3, 0.4) is 0 Å². The number of hydrogen-bond acceptors (Lipinski definition) is 4. The first-order chi connectivity index (χ1) is 14.0. The molecule has 1 aromatic carbocycles. The van der Waals surface area contributed by atoms with E-state index in [1.807, 2.05) is 17.9 Å². The van der Waals surface area contributed by atoms with Gasteiger partial charge in [0.25, 0.3) is 5.91 Å². The van der Waals surface area contributed by atoms with Gasteiger partial charge < -0.3 is 9.64 Å². The molecule has 4 rings (SSSR count). The Balaban J connectivity index is 1.53. The van der Waals surface area contributed by atoms with Crippen molar-refractivity contribution in [1.82, 2.24) is 19.8 Å². The summed E-state index contributed by atoms with van der Waals surface area (Å²) in [6, 6.07) is 8.55. The molecule has 0 bridgehead atoms. The van der Waals surface area contributed by atoms with Crippen molar-refractivity contribution in [2.75, 3.05) is 20.2 Å². The topological polar surface area (TPSA) is 75.6 Å². The number of nitrogens with zero attached hydrogens (tertiary/aromatic N) is 3. The van der Waals surface area contributed by atoms with E-state index in [2.05, 4.69) is 26.8 Å². The third kappa shape index (κ3) is 3.80. The van der Waals surface area contributed by atoms with Gasteiger partial charge in [-0.25, -0.2) is 19.3 Å². The predicted octanol–water partition coefficient (Wildman–Crippen LogP) is 2.26. The Kier molecular flexibility index (Phi) is 5.19. The van der Waals surface area contributed by atoms with Crippen LogP contribution in [0.15, 0.2) is 36.5 Å². The number of methoxy groups -OCH3 is 1. The number of fused-ring (bicyclic) bond motifs is 1. The average Bonchev–Trinajstić information content (AvgIpc) is 3.18. The molecule has 0 radical (unpaired) electrons. The summed E-state index contributed by atoms with van der Waals surface area (Å²) in [4.78, 5) is 28.1. The van der Waals surface area contributed by atoms with E-state index in [1.54, 1.807) is 18.3 Å². The third-order valence-electron chi connectivity index (χ3n) is 5.49. The molecule has 0 unspecified atom stereocenters. The highest BCUT2D eigenvalue weighted by molar-refractivity contribution is 5.95. The molecule has 7 nitrogen and oxygen atoms in total. The SMILES string of the molecule is COc1[nH+]c2[nH]ccc2nc1C(=O)N1C[C@H](C)N(Cc2ccc(F)cc2)C[C@H]1C. The van der Waals surface area contributed by atoms with E-state index in [-0.39, 0.29) is 29.5 Å². The molecule has 1 aliphatic rings. The number of nitrogens with one attached hydrogen (secondary N) is 2. The maximum atomic E-state index is 13.3. The number of aromatic amines is 2. The van der Waals surface area contributed by atoms with E-state index >= 15 is 0 Å². The van der Waals surface area contributed by atoms with Crippen LogP contribution in [0.5, 0.6) is 5.88 Å². The Labute approximate surface area is 168 Å². The summed E-state index contributed by atoms with van der Waals surface area (Å²) < 4.78 is 18.5. The lowest BCUT2D eigenvalue weighted by Crippen LogP contribution is -2.57. The van der Waals surface area contributed by atoms with Crippen molar-refractivity contribution in [1.29, 1.82) is 0 Å². The quantitative estimate of drug-likeness (QED) is 0.732. The van der Waals surface area contributed by atoms with Gasteiger partial charge in [0, 0.05) is 37.8 Å². The van der Waals surface area contributed by atoms with Crippen LogP contribution in [0.1, 0.15) is 29.9 Å². The Morgan fingerprint density at radius 2 is 2.00 bits per heavy atom. The summed E-state index contributed by atoms with van der Waals surface area (Å²) >= 11 is 0. The van der Waals surface area contributed by atoms with Crippen LogP contribution in [-0.2, 0) is 6.54 Å². The largest absolute Gasteiger partial charge is 0.464 e.